The molecule has 1 heterocycles. The Hall–Kier alpha value is -3.09. The third-order valence-corrected chi connectivity index (χ3v) is 9.39. The average molecular weight is 508 g/mol. The number of benzene rings is 1. The fraction of sp³-hybridized carbons (Fsp3) is 0.467. The largest absolute Gasteiger partial charge is 0.416 e. The molecule has 4 nitrogen and oxygen atoms in total. The minimum Gasteiger partial charge on any atom is -0.340 e. The number of hydrogen-bond acceptors (Lipinski definition) is 3. The van der Waals surface area contributed by atoms with Crippen molar-refractivity contribution in [3.63, 3.8) is 0 Å². The highest BCUT2D eigenvalue weighted by Crippen LogP contribution is 2.67. The Labute approximate surface area is 215 Å². The van der Waals surface area contributed by atoms with E-state index in [1.165, 1.54) is 56.9 Å². The van der Waals surface area contributed by atoms with Crippen LogP contribution in [0.4, 0.5) is 24.7 Å². The number of nitrogens with zero attached hydrogens (tertiary/aromatic N) is 1. The number of halogens is 3. The molecule has 4 bridgehead atoms. The fourth-order valence-corrected chi connectivity index (χ4v) is 7.82. The summed E-state index contributed by atoms with van der Waals surface area (Å²) in [5.74, 6) is 2.51. The summed E-state index contributed by atoms with van der Waals surface area (Å²) in [6.07, 6.45) is 12.7. The molecule has 37 heavy (non-hydrogen) atoms. The van der Waals surface area contributed by atoms with Crippen LogP contribution in [0.5, 0.6) is 0 Å². The number of amides is 1. The lowest BCUT2D eigenvalue weighted by atomic mass is 9.42. The van der Waals surface area contributed by atoms with Crippen molar-refractivity contribution in [2.75, 3.05) is 5.32 Å². The van der Waals surface area contributed by atoms with Crippen molar-refractivity contribution in [1.82, 2.24) is 10.3 Å². The van der Waals surface area contributed by atoms with Crippen LogP contribution in [-0.2, 0) is 6.18 Å². The van der Waals surface area contributed by atoms with E-state index in [1.54, 1.807) is 12.1 Å². The molecule has 2 aromatic rings. The van der Waals surface area contributed by atoms with Crippen LogP contribution in [-0.4, -0.2) is 10.9 Å². The Balaban J connectivity index is 1.16. The summed E-state index contributed by atoms with van der Waals surface area (Å²) < 4.78 is 39.4. The molecule has 194 valence electrons. The summed E-state index contributed by atoms with van der Waals surface area (Å²) in [6, 6.07) is 8.12. The molecule has 5 aliphatic carbocycles. The Morgan fingerprint density at radius 1 is 1.03 bits per heavy atom. The second kappa shape index (κ2) is 8.74. The summed E-state index contributed by atoms with van der Waals surface area (Å²) in [5.41, 5.74) is 0.937. The molecular weight excluding hydrogens is 475 g/mol. The van der Waals surface area contributed by atoms with Gasteiger partial charge in [-0.3, -0.25) is 4.79 Å². The zero-order chi connectivity index (χ0) is 25.8. The number of nitrogens with one attached hydrogen (secondary N) is 2. The first-order valence-electron chi connectivity index (χ1n) is 13.2. The Morgan fingerprint density at radius 2 is 1.73 bits per heavy atom. The molecule has 0 aliphatic heterocycles. The van der Waals surface area contributed by atoms with Gasteiger partial charge in [0.05, 0.1) is 11.1 Å². The lowest BCUT2D eigenvalue weighted by Crippen LogP contribution is -2.53. The van der Waals surface area contributed by atoms with Crippen molar-refractivity contribution < 1.29 is 18.0 Å². The number of carbonyl (C=O) groups excluding carboxylic acids is 1. The first kappa shape index (κ1) is 24.3. The van der Waals surface area contributed by atoms with Gasteiger partial charge in [0, 0.05) is 17.6 Å². The number of anilines is 2. The molecule has 4 saturated carbocycles. The predicted molar refractivity (Wildman–Crippen MR) is 137 cm³/mol. The van der Waals surface area contributed by atoms with Gasteiger partial charge in [-0.15, -0.1) is 0 Å². The number of carbonyl (C=O) groups is 1. The molecular formula is C30H32F3N3O. The normalized spacial score (nSPS) is 32.2. The van der Waals surface area contributed by atoms with Crippen LogP contribution in [0.3, 0.4) is 0 Å². The van der Waals surface area contributed by atoms with Gasteiger partial charge in [-0.1, -0.05) is 25.1 Å². The van der Waals surface area contributed by atoms with E-state index >= 15 is 0 Å². The molecule has 7 rings (SSSR count). The standard InChI is InChI=1S/C30H32F3N3O/c1-28(29-16-19-12-20(17-29)14-21(13-19)18-29)9-7-23(8-10-28)36-27(37)25-6-3-11-34-26(25)35-24-5-2-4-22(15-24)30(31,32)33/h2-9,11,15,19-21H,10,12-14,16-18H2,1H3,(H,34,35)(H,36,37). The third-order valence-electron chi connectivity index (χ3n) is 9.39. The van der Waals surface area contributed by atoms with E-state index in [2.05, 4.69) is 34.7 Å². The molecule has 0 spiro atoms. The summed E-state index contributed by atoms with van der Waals surface area (Å²) in [4.78, 5) is 17.4. The highest BCUT2D eigenvalue weighted by molar-refractivity contribution is 6.00. The average Bonchev–Trinajstić information content (AvgIpc) is 2.85. The van der Waals surface area contributed by atoms with E-state index in [9.17, 15) is 18.0 Å². The molecule has 7 heteroatoms. The lowest BCUT2D eigenvalue weighted by molar-refractivity contribution is -0.137. The number of rotatable bonds is 5. The second-order valence-electron chi connectivity index (χ2n) is 11.9. The quantitative estimate of drug-likeness (QED) is 0.437. The van der Waals surface area contributed by atoms with Crippen LogP contribution in [0.25, 0.3) is 0 Å². The van der Waals surface area contributed by atoms with Crippen molar-refractivity contribution in [3.8, 4) is 0 Å². The van der Waals surface area contributed by atoms with E-state index in [-0.39, 0.29) is 28.4 Å². The van der Waals surface area contributed by atoms with E-state index in [0.29, 0.717) is 5.41 Å². The number of allylic oxidation sites excluding steroid dienone is 3. The highest BCUT2D eigenvalue weighted by Gasteiger charge is 2.57. The van der Waals surface area contributed by atoms with Gasteiger partial charge in [0.25, 0.3) is 5.91 Å². The van der Waals surface area contributed by atoms with Crippen LogP contribution in [0.2, 0.25) is 0 Å². The maximum absolute atomic E-state index is 13.2. The van der Waals surface area contributed by atoms with Gasteiger partial charge in [-0.25, -0.2) is 4.98 Å². The highest BCUT2D eigenvalue weighted by atomic mass is 19.4. The molecule has 0 saturated heterocycles. The zero-order valence-corrected chi connectivity index (χ0v) is 20.9. The van der Waals surface area contributed by atoms with Crippen LogP contribution in [0.1, 0.15) is 67.8 Å². The molecule has 2 N–H and O–H groups in total. The van der Waals surface area contributed by atoms with Crippen LogP contribution in [0, 0.1) is 28.6 Å². The molecule has 1 atom stereocenters. The maximum atomic E-state index is 13.2. The Bertz CT molecular complexity index is 1250. The van der Waals surface area contributed by atoms with Crippen LogP contribution >= 0.6 is 0 Å². The first-order valence-corrected chi connectivity index (χ1v) is 13.2. The molecule has 1 unspecified atom stereocenters. The molecule has 1 amide bonds. The van der Waals surface area contributed by atoms with Crippen molar-refractivity contribution in [1.29, 1.82) is 0 Å². The number of aromatic nitrogens is 1. The van der Waals surface area contributed by atoms with Gasteiger partial charge < -0.3 is 10.6 Å². The first-order chi connectivity index (χ1) is 17.6. The monoisotopic (exact) mass is 507 g/mol. The Morgan fingerprint density at radius 3 is 2.35 bits per heavy atom. The number of hydrogen-bond donors (Lipinski definition) is 2. The van der Waals surface area contributed by atoms with E-state index < -0.39 is 11.7 Å². The van der Waals surface area contributed by atoms with Crippen molar-refractivity contribution in [3.05, 3.63) is 77.6 Å². The van der Waals surface area contributed by atoms with Gasteiger partial charge in [0.15, 0.2) is 0 Å². The smallest absolute Gasteiger partial charge is 0.340 e. The topological polar surface area (TPSA) is 54.0 Å². The third kappa shape index (κ3) is 4.47. The van der Waals surface area contributed by atoms with Crippen LogP contribution < -0.4 is 10.6 Å². The summed E-state index contributed by atoms with van der Waals surface area (Å²) >= 11 is 0. The minimum absolute atomic E-state index is 0.0990. The maximum Gasteiger partial charge on any atom is 0.416 e. The predicted octanol–water partition coefficient (Wildman–Crippen LogP) is 7.64. The van der Waals surface area contributed by atoms with Gasteiger partial charge in [-0.05, 0) is 110 Å². The van der Waals surface area contributed by atoms with Crippen LogP contribution in [0.15, 0.2) is 66.5 Å². The SMILES string of the molecule is CC1(C23CC4CC(CC(C4)C2)C3)C=CC(NC(=O)c2cccnc2Nc2cccc(C(F)(F)F)c2)=CC1. The van der Waals surface area contributed by atoms with Gasteiger partial charge in [0.2, 0.25) is 0 Å². The van der Waals surface area contributed by atoms with Gasteiger partial charge in [0.1, 0.15) is 5.82 Å². The Kier molecular flexibility index (Phi) is 5.73. The molecule has 4 fully saturated rings. The number of alkyl halides is 3. The molecule has 5 aliphatic rings. The van der Waals surface area contributed by atoms with Crippen molar-refractivity contribution in [2.45, 2.75) is 58.0 Å². The van der Waals surface area contributed by atoms with E-state index in [1.807, 2.05) is 6.08 Å². The fourth-order valence-electron chi connectivity index (χ4n) is 7.82. The summed E-state index contributed by atoms with van der Waals surface area (Å²) in [7, 11) is 0. The number of pyridine rings is 1. The van der Waals surface area contributed by atoms with Crippen molar-refractivity contribution in [2.24, 2.45) is 28.6 Å². The lowest BCUT2D eigenvalue weighted by Gasteiger charge is -2.63. The van der Waals surface area contributed by atoms with Crippen molar-refractivity contribution >= 4 is 17.4 Å². The minimum atomic E-state index is -4.45. The summed E-state index contributed by atoms with van der Waals surface area (Å²) in [5, 5.41) is 5.87. The van der Waals surface area contributed by atoms with Gasteiger partial charge >= 0.3 is 6.18 Å². The molecule has 0 radical (unpaired) electrons. The molecule has 1 aromatic carbocycles. The zero-order valence-electron chi connectivity index (χ0n) is 20.9. The van der Waals surface area contributed by atoms with Gasteiger partial charge in [-0.2, -0.15) is 13.2 Å². The van der Waals surface area contributed by atoms with E-state index in [0.717, 1.165) is 42.0 Å². The van der Waals surface area contributed by atoms with E-state index in [4.69, 9.17) is 0 Å². The summed E-state index contributed by atoms with van der Waals surface area (Å²) in [6.45, 7) is 2.39. The second-order valence-corrected chi connectivity index (χ2v) is 11.9. The molecule has 1 aromatic heterocycles.